The molecule has 14 aliphatic rings. The molecule has 774 valence electrons. The Morgan fingerprint density at radius 1 is 0.248 bits per heavy atom. The Hall–Kier alpha value is -2.28. The van der Waals surface area contributed by atoms with Gasteiger partial charge in [0.2, 0.25) is 0 Å². The third kappa shape index (κ3) is 35.9. The van der Waals surface area contributed by atoms with Gasteiger partial charge in [-0.25, -0.2) is 0 Å². The third-order valence-corrected chi connectivity index (χ3v) is 33.1. The Kier molecular flexibility index (Phi) is 48.6. The molecule has 8 bridgehead atoms. The van der Waals surface area contributed by atoms with E-state index >= 15 is 0 Å². The first-order valence-corrected chi connectivity index (χ1v) is 55.8. The van der Waals surface area contributed by atoms with Crippen LogP contribution in [0.3, 0.4) is 0 Å². The molecule has 11 atom stereocenters. The first kappa shape index (κ1) is 118. The molecule has 14 saturated heterocycles. The van der Waals surface area contributed by atoms with Crippen molar-refractivity contribution in [3.05, 3.63) is 71.8 Å². The summed E-state index contributed by atoms with van der Waals surface area (Å²) in [5, 5.41) is 0. The Morgan fingerprint density at radius 3 is 0.887 bits per heavy atom. The summed E-state index contributed by atoms with van der Waals surface area (Å²) >= 11 is 0. The van der Waals surface area contributed by atoms with Gasteiger partial charge in [0, 0.05) is 324 Å². The van der Waals surface area contributed by atoms with E-state index in [-0.39, 0.29) is 0 Å². The van der Waals surface area contributed by atoms with Crippen molar-refractivity contribution in [3.63, 3.8) is 0 Å². The zero-order chi connectivity index (χ0) is 99.2. The van der Waals surface area contributed by atoms with Crippen molar-refractivity contribution in [1.82, 2.24) is 88.2 Å². The predicted octanol–water partition coefficient (Wildman–Crippen LogP) is 19.8. The van der Waals surface area contributed by atoms with Gasteiger partial charge in [0.25, 0.3) is 0 Å². The average Bonchev–Trinajstić information content (AvgIpc) is 1.28. The summed E-state index contributed by atoms with van der Waals surface area (Å²) < 4.78 is 0. The van der Waals surface area contributed by atoms with Gasteiger partial charge < -0.3 is 0 Å². The van der Waals surface area contributed by atoms with Crippen LogP contribution in [0.15, 0.2) is 60.7 Å². The minimum absolute atomic E-state index is 0.309. The fraction of sp³-hybridized carbons (Fsp3) is 0.896. The summed E-state index contributed by atoms with van der Waals surface area (Å²) in [7, 11) is 0. The van der Waals surface area contributed by atoms with Crippen LogP contribution in [0.2, 0.25) is 0 Å². The van der Waals surface area contributed by atoms with E-state index in [4.69, 9.17) is 0 Å². The monoisotopic (exact) mass is 1860 g/mol. The van der Waals surface area contributed by atoms with Gasteiger partial charge in [-0.2, -0.15) is 0 Å². The van der Waals surface area contributed by atoms with Crippen molar-refractivity contribution in [2.75, 3.05) is 164 Å². The largest absolute Gasteiger partial charge is 0.300 e. The van der Waals surface area contributed by atoms with E-state index in [1.807, 2.05) is 0 Å². The van der Waals surface area contributed by atoms with Crippen molar-refractivity contribution in [3.8, 4) is 0 Å². The van der Waals surface area contributed by atoms with Crippen molar-refractivity contribution in [2.24, 2.45) is 0 Å². The Labute approximate surface area is 827 Å². The first-order chi connectivity index (χ1) is 62.2. The molecule has 18 nitrogen and oxygen atoms in total. The van der Waals surface area contributed by atoms with Crippen molar-refractivity contribution in [2.45, 2.75) is 508 Å². The molecule has 11 unspecified atom stereocenters. The number of fused-ring (bicyclic) bond motifs is 9. The van der Waals surface area contributed by atoms with Gasteiger partial charge in [0.1, 0.15) is 0 Å². The van der Waals surface area contributed by atoms with Gasteiger partial charge in [-0.3, -0.25) is 88.2 Å². The number of hydrogen-bond donors (Lipinski definition) is 0. The van der Waals surface area contributed by atoms with Crippen LogP contribution in [0, 0.1) is 0 Å². The van der Waals surface area contributed by atoms with Gasteiger partial charge in [0.05, 0.1) is 0 Å². The summed E-state index contributed by atoms with van der Waals surface area (Å²) in [5.74, 6) is 0. The van der Waals surface area contributed by atoms with E-state index in [0.717, 1.165) is 109 Å². The molecule has 0 radical (unpaired) electrons. The third-order valence-electron chi connectivity index (χ3n) is 33.1. The second kappa shape index (κ2) is 55.0. The standard InChI is InChI=1S/C17H28N2.C16H26N2.C13H26N2.C13H28N2.2C12H24N2.C11H22N2.C11H24N2.C10H22N2/c1-14(2)18-10-11-19(15(3)4)17(13-18)12-16-8-6-5-7-9-16;1-13(2)17-10-11-18(14(3)4)16(12-17)15-8-6-5-7-9-15;1-10(2)15-11-6-7-12(15)9-14(8-11)13(3,4)5;1-11-10-14(12(2,3)4)8-9-15(11)13(5,6)7;1-9(2)13-7-12-6-5-11(13)8-14(12)10(3)4;1-9(2)13-7-11-5-6-12(8-13)14(11)10(3)4;1-8(2)12-6-11-5-10(12)7-13(11)9(3)4;1-10(2)12-6-5-7-13(9-8-12)11(3)4;1-9(2)11-5-7-12(8-6-11)10(3)4/h5-9,14-15,17H,10-13H2,1-4H3;5-9,13-14,16H,10-12H2,1-4H3;10-12H,6-9H2,1-5H3;11H,8-10H2,1-7H3;2*9-12H,5-8H2,1-4H3;8-11H,5-7H2,1-4H3;10-11H,5-9H2,1-4H3;9-10H,5-8H2,1-4H3. The van der Waals surface area contributed by atoms with Crippen molar-refractivity contribution < 1.29 is 0 Å². The molecule has 0 saturated carbocycles. The van der Waals surface area contributed by atoms with Crippen LogP contribution in [0.5, 0.6) is 0 Å². The summed E-state index contributed by atoms with van der Waals surface area (Å²) in [4.78, 5) is 47.6. The van der Waals surface area contributed by atoms with Crippen LogP contribution >= 0.6 is 0 Å². The molecule has 18 heteroatoms. The van der Waals surface area contributed by atoms with E-state index in [1.54, 1.807) is 0 Å². The Morgan fingerprint density at radius 2 is 0.564 bits per heavy atom. The SMILES string of the molecule is CC(C)N1C2CCC1CN(C(C)(C)C)C2.CC(C)N1CC2CC1CN2C(C)C.CC(C)N1CC2CCC(C1)N2C(C)C.CC(C)N1CC2CCC1CN2C(C)C.CC(C)N1CCCN(C(C)C)CC1.CC(C)N1CCN(C(C)C)C(Cc2ccccc2)C1.CC(C)N1CCN(C(C)C)C(c2ccccc2)C1.CC(C)N1CCN(C(C)C)CC1.CC1CN(C(C)(C)C)CCN1C(C)(C)C. The number of likely N-dealkylation sites (tertiary alicyclic amines) is 4. The van der Waals surface area contributed by atoms with Crippen LogP contribution in [-0.2, 0) is 6.42 Å². The highest BCUT2D eigenvalue weighted by Gasteiger charge is 2.48. The molecular formula is C115H224N18. The van der Waals surface area contributed by atoms with E-state index < -0.39 is 0 Å². The molecule has 16 rings (SSSR count). The molecule has 0 aliphatic carbocycles. The van der Waals surface area contributed by atoms with Gasteiger partial charge in [-0.15, -0.1) is 0 Å². The van der Waals surface area contributed by atoms with Crippen LogP contribution in [0.1, 0.15) is 345 Å². The molecule has 14 fully saturated rings. The number of piperidine rings is 2. The number of rotatable bonds is 18. The Bertz CT molecular complexity index is 3290. The molecule has 2 aromatic rings. The topological polar surface area (TPSA) is 58.3 Å². The lowest BCUT2D eigenvalue weighted by molar-refractivity contribution is -0.0495. The minimum atomic E-state index is 0.309. The Balaban J connectivity index is 0.000000205. The smallest absolute Gasteiger partial charge is 0.0478 e. The number of hydrogen-bond acceptors (Lipinski definition) is 18. The number of piperazine rings is 8. The average molecular weight is 1860 g/mol. The lowest BCUT2D eigenvalue weighted by Gasteiger charge is -2.54. The minimum Gasteiger partial charge on any atom is -0.300 e. The van der Waals surface area contributed by atoms with Gasteiger partial charge >= 0.3 is 0 Å². The number of nitrogens with zero attached hydrogens (tertiary/aromatic N) is 18. The maximum atomic E-state index is 2.75. The number of benzene rings is 2. The molecule has 2 aromatic carbocycles. The summed E-state index contributed by atoms with van der Waals surface area (Å²) in [6.07, 6.45) is 12.4. The van der Waals surface area contributed by atoms with E-state index in [9.17, 15) is 0 Å². The first-order valence-electron chi connectivity index (χ1n) is 55.8. The van der Waals surface area contributed by atoms with Gasteiger partial charge in [-0.1, -0.05) is 60.7 Å². The maximum absolute atomic E-state index is 2.75. The van der Waals surface area contributed by atoms with Crippen LogP contribution < -0.4 is 0 Å². The maximum Gasteiger partial charge on any atom is 0.0478 e. The predicted molar refractivity (Wildman–Crippen MR) is 581 cm³/mol. The fourth-order valence-electron chi connectivity index (χ4n) is 25.0. The molecule has 0 spiro atoms. The highest BCUT2D eigenvalue weighted by atomic mass is 15.4. The molecule has 14 heterocycles. The highest BCUT2D eigenvalue weighted by Crippen LogP contribution is 2.39. The van der Waals surface area contributed by atoms with Crippen LogP contribution in [-0.4, -0.2) is 419 Å². The van der Waals surface area contributed by atoms with Crippen LogP contribution in [0.4, 0.5) is 0 Å². The lowest BCUT2D eigenvalue weighted by Crippen LogP contribution is -2.65. The molecule has 0 N–H and O–H groups in total. The zero-order valence-corrected chi connectivity index (χ0v) is 95.4. The molecular weight excluding hydrogens is 1630 g/mol. The fourth-order valence-corrected chi connectivity index (χ4v) is 25.0. The normalized spacial score (nSPS) is 28.2. The van der Waals surface area contributed by atoms with Gasteiger partial charge in [-0.05, 0) is 359 Å². The van der Waals surface area contributed by atoms with E-state index in [1.165, 1.54) is 226 Å². The lowest BCUT2D eigenvalue weighted by atomic mass is 9.89. The summed E-state index contributed by atoms with van der Waals surface area (Å²) in [5.41, 5.74) is 3.89. The van der Waals surface area contributed by atoms with Gasteiger partial charge in [0.15, 0.2) is 0 Å². The van der Waals surface area contributed by atoms with Crippen molar-refractivity contribution >= 4 is 0 Å². The van der Waals surface area contributed by atoms with Crippen molar-refractivity contribution in [1.29, 1.82) is 0 Å². The van der Waals surface area contributed by atoms with E-state index in [0.29, 0.717) is 71.0 Å². The molecule has 14 aliphatic heterocycles. The highest BCUT2D eigenvalue weighted by molar-refractivity contribution is 5.21. The van der Waals surface area contributed by atoms with E-state index in [2.05, 4.69) is 426 Å². The quantitative estimate of drug-likeness (QED) is 0.142. The zero-order valence-electron chi connectivity index (χ0n) is 95.4. The molecule has 133 heavy (non-hydrogen) atoms. The summed E-state index contributed by atoms with van der Waals surface area (Å²) in [6.45, 7) is 124. The van der Waals surface area contributed by atoms with Crippen LogP contribution in [0.25, 0.3) is 0 Å². The molecule has 0 amide bonds. The second-order valence-electron chi connectivity index (χ2n) is 50.4. The molecule has 0 aromatic heterocycles. The summed E-state index contributed by atoms with van der Waals surface area (Å²) in [6, 6.07) is 41.0. The second-order valence-corrected chi connectivity index (χ2v) is 50.4.